The average Bonchev–Trinajstić information content (AvgIpc) is 3.01. The van der Waals surface area contributed by atoms with Crippen LogP contribution in [-0.4, -0.2) is 35.7 Å². The molecule has 1 N–H and O–H groups in total. The van der Waals surface area contributed by atoms with Crippen LogP contribution in [0.25, 0.3) is 0 Å². The van der Waals surface area contributed by atoms with Crippen LogP contribution < -0.4 is 0 Å². The summed E-state index contributed by atoms with van der Waals surface area (Å²) in [5, 5.41) is 9.86. The number of hydrogen-bond donors (Lipinski definition) is 1. The van der Waals surface area contributed by atoms with Crippen LogP contribution in [0, 0.1) is 11.8 Å². The highest BCUT2D eigenvalue weighted by Gasteiger charge is 2.31. The molecule has 1 aliphatic heterocycles. The van der Waals surface area contributed by atoms with Gasteiger partial charge in [0.2, 0.25) is 0 Å². The zero-order valence-corrected chi connectivity index (χ0v) is 9.28. The summed E-state index contributed by atoms with van der Waals surface area (Å²) in [6.45, 7) is 5.65. The normalized spacial score (nSPS) is 31.7. The zero-order valence-electron chi connectivity index (χ0n) is 9.28. The molecular formula is C12H23NO. The second kappa shape index (κ2) is 4.63. The molecule has 2 atom stereocenters. The van der Waals surface area contributed by atoms with Gasteiger partial charge >= 0.3 is 0 Å². The maximum atomic E-state index is 9.86. The summed E-state index contributed by atoms with van der Waals surface area (Å²) in [6, 6.07) is 0. The first-order valence-electron chi connectivity index (χ1n) is 6.20. The number of piperidine rings is 1. The fourth-order valence-electron chi connectivity index (χ4n) is 2.54. The van der Waals surface area contributed by atoms with E-state index in [0.717, 1.165) is 12.5 Å². The Morgan fingerprint density at radius 1 is 1.36 bits per heavy atom. The number of rotatable bonds is 4. The molecule has 2 fully saturated rings. The summed E-state index contributed by atoms with van der Waals surface area (Å²) in [5.41, 5.74) is 0. The van der Waals surface area contributed by atoms with Crippen molar-refractivity contribution in [1.29, 1.82) is 0 Å². The summed E-state index contributed by atoms with van der Waals surface area (Å²) in [6.07, 6.45) is 6.50. The molecule has 82 valence electrons. The molecule has 14 heavy (non-hydrogen) atoms. The Balaban J connectivity index is 1.73. The lowest BCUT2D eigenvalue weighted by atomic mass is 9.95. The smallest absolute Gasteiger partial charge is 0.0695 e. The molecule has 0 radical (unpaired) electrons. The Kier molecular flexibility index (Phi) is 3.45. The molecule has 2 unspecified atom stereocenters. The predicted octanol–water partition coefficient (Wildman–Crippen LogP) is 1.88. The SMILES string of the molecule is CCC1CCCN(CC(O)C2CC2)C1. The van der Waals surface area contributed by atoms with Gasteiger partial charge in [0.15, 0.2) is 0 Å². The van der Waals surface area contributed by atoms with Crippen molar-refractivity contribution in [1.82, 2.24) is 4.90 Å². The van der Waals surface area contributed by atoms with E-state index in [4.69, 9.17) is 0 Å². The van der Waals surface area contributed by atoms with Gasteiger partial charge in [0.1, 0.15) is 0 Å². The van der Waals surface area contributed by atoms with Gasteiger partial charge in [-0.05, 0) is 44.1 Å². The number of nitrogens with zero attached hydrogens (tertiary/aromatic N) is 1. The minimum absolute atomic E-state index is 0.0365. The monoisotopic (exact) mass is 197 g/mol. The lowest BCUT2D eigenvalue weighted by Crippen LogP contribution is -2.40. The second-order valence-electron chi connectivity index (χ2n) is 5.08. The summed E-state index contributed by atoms with van der Waals surface area (Å²) >= 11 is 0. The van der Waals surface area contributed by atoms with Gasteiger partial charge in [-0.3, -0.25) is 0 Å². The molecular weight excluding hydrogens is 174 g/mol. The highest BCUT2D eigenvalue weighted by atomic mass is 16.3. The van der Waals surface area contributed by atoms with Gasteiger partial charge < -0.3 is 10.0 Å². The standard InChI is InChI=1S/C12H23NO/c1-2-10-4-3-7-13(8-10)9-12(14)11-5-6-11/h10-12,14H,2-9H2,1H3. The highest BCUT2D eigenvalue weighted by Crippen LogP contribution is 2.33. The molecule has 1 saturated heterocycles. The van der Waals surface area contributed by atoms with Gasteiger partial charge in [-0.1, -0.05) is 13.3 Å². The fourth-order valence-corrected chi connectivity index (χ4v) is 2.54. The van der Waals surface area contributed by atoms with E-state index in [2.05, 4.69) is 11.8 Å². The van der Waals surface area contributed by atoms with E-state index in [9.17, 15) is 5.11 Å². The highest BCUT2D eigenvalue weighted by molar-refractivity contribution is 4.84. The molecule has 1 saturated carbocycles. The number of aliphatic hydroxyl groups excluding tert-OH is 1. The number of likely N-dealkylation sites (tertiary alicyclic amines) is 1. The van der Waals surface area contributed by atoms with Crippen molar-refractivity contribution in [2.24, 2.45) is 11.8 Å². The van der Waals surface area contributed by atoms with Crippen LogP contribution >= 0.6 is 0 Å². The van der Waals surface area contributed by atoms with Crippen molar-refractivity contribution in [2.75, 3.05) is 19.6 Å². The lowest BCUT2D eigenvalue weighted by molar-refractivity contribution is 0.0708. The van der Waals surface area contributed by atoms with Crippen LogP contribution in [0.15, 0.2) is 0 Å². The largest absolute Gasteiger partial charge is 0.392 e. The Labute approximate surface area is 87.3 Å². The van der Waals surface area contributed by atoms with E-state index in [1.165, 1.54) is 45.2 Å². The molecule has 1 heterocycles. The molecule has 2 heteroatoms. The van der Waals surface area contributed by atoms with Crippen molar-refractivity contribution < 1.29 is 5.11 Å². The van der Waals surface area contributed by atoms with Crippen molar-refractivity contribution in [3.8, 4) is 0 Å². The molecule has 2 rings (SSSR count). The van der Waals surface area contributed by atoms with Crippen molar-refractivity contribution in [2.45, 2.75) is 45.1 Å². The van der Waals surface area contributed by atoms with Crippen LogP contribution in [0.5, 0.6) is 0 Å². The number of aliphatic hydroxyl groups is 1. The van der Waals surface area contributed by atoms with E-state index >= 15 is 0 Å². The van der Waals surface area contributed by atoms with E-state index < -0.39 is 0 Å². The van der Waals surface area contributed by atoms with E-state index in [-0.39, 0.29) is 6.10 Å². The van der Waals surface area contributed by atoms with Crippen LogP contribution in [0.3, 0.4) is 0 Å². The Hall–Kier alpha value is -0.0800. The van der Waals surface area contributed by atoms with Crippen LogP contribution in [0.2, 0.25) is 0 Å². The molecule has 0 aromatic heterocycles. The molecule has 0 amide bonds. The third-order valence-corrected chi connectivity index (χ3v) is 3.79. The minimum Gasteiger partial charge on any atom is -0.392 e. The van der Waals surface area contributed by atoms with E-state index in [1.807, 2.05) is 0 Å². The maximum absolute atomic E-state index is 9.86. The van der Waals surface area contributed by atoms with Crippen LogP contribution in [0.1, 0.15) is 39.0 Å². The lowest BCUT2D eigenvalue weighted by Gasteiger charge is -2.33. The quantitative estimate of drug-likeness (QED) is 0.744. The molecule has 0 bridgehead atoms. The Morgan fingerprint density at radius 3 is 2.79 bits per heavy atom. The molecule has 2 nitrogen and oxygen atoms in total. The van der Waals surface area contributed by atoms with Gasteiger partial charge in [0.25, 0.3) is 0 Å². The summed E-state index contributed by atoms with van der Waals surface area (Å²) < 4.78 is 0. The van der Waals surface area contributed by atoms with Gasteiger partial charge in [-0.25, -0.2) is 0 Å². The number of β-amino-alcohol motifs (C(OH)–C–C–N with tert-alkyl or cyclic N) is 1. The van der Waals surface area contributed by atoms with Crippen molar-refractivity contribution >= 4 is 0 Å². The summed E-state index contributed by atoms with van der Waals surface area (Å²) in [4.78, 5) is 2.47. The van der Waals surface area contributed by atoms with Gasteiger partial charge in [-0.15, -0.1) is 0 Å². The molecule has 1 aliphatic carbocycles. The Bertz CT molecular complexity index is 179. The topological polar surface area (TPSA) is 23.5 Å². The maximum Gasteiger partial charge on any atom is 0.0695 e. The third-order valence-electron chi connectivity index (χ3n) is 3.79. The Morgan fingerprint density at radius 2 is 2.14 bits per heavy atom. The average molecular weight is 197 g/mol. The number of hydrogen-bond acceptors (Lipinski definition) is 2. The zero-order chi connectivity index (χ0) is 9.97. The first-order chi connectivity index (χ1) is 6.79. The van der Waals surface area contributed by atoms with Crippen LogP contribution in [0.4, 0.5) is 0 Å². The van der Waals surface area contributed by atoms with E-state index in [0.29, 0.717) is 5.92 Å². The molecule has 2 aliphatic rings. The second-order valence-corrected chi connectivity index (χ2v) is 5.08. The first kappa shape index (κ1) is 10.4. The van der Waals surface area contributed by atoms with Crippen LogP contribution in [-0.2, 0) is 0 Å². The molecule has 0 spiro atoms. The predicted molar refractivity (Wildman–Crippen MR) is 58.2 cm³/mol. The minimum atomic E-state index is -0.0365. The molecule has 0 aromatic rings. The van der Waals surface area contributed by atoms with Crippen molar-refractivity contribution in [3.05, 3.63) is 0 Å². The molecule has 0 aromatic carbocycles. The summed E-state index contributed by atoms with van der Waals surface area (Å²) in [5.74, 6) is 1.52. The van der Waals surface area contributed by atoms with Crippen molar-refractivity contribution in [3.63, 3.8) is 0 Å². The van der Waals surface area contributed by atoms with Gasteiger partial charge in [0, 0.05) is 13.1 Å². The van der Waals surface area contributed by atoms with E-state index in [1.54, 1.807) is 0 Å². The first-order valence-corrected chi connectivity index (χ1v) is 6.20. The fraction of sp³-hybridized carbons (Fsp3) is 1.00. The van der Waals surface area contributed by atoms with Gasteiger partial charge in [-0.2, -0.15) is 0 Å². The van der Waals surface area contributed by atoms with Gasteiger partial charge in [0.05, 0.1) is 6.10 Å². The summed E-state index contributed by atoms with van der Waals surface area (Å²) in [7, 11) is 0. The third kappa shape index (κ3) is 2.71.